The van der Waals surface area contributed by atoms with Crippen molar-refractivity contribution in [2.75, 3.05) is 18.4 Å². The van der Waals surface area contributed by atoms with Crippen molar-refractivity contribution < 1.29 is 9.18 Å². The first kappa shape index (κ1) is 11.7. The van der Waals surface area contributed by atoms with E-state index in [9.17, 15) is 9.18 Å². The number of hydrogen-bond donors (Lipinski definition) is 2. The maximum atomic E-state index is 12.9. The normalized spacial score (nSPS) is 10.1. The Morgan fingerprint density at radius 2 is 2.20 bits per heavy atom. The molecule has 0 unspecified atom stereocenters. The van der Waals surface area contributed by atoms with Crippen LogP contribution < -0.4 is 10.6 Å². The second kappa shape index (κ2) is 5.46. The van der Waals surface area contributed by atoms with E-state index in [-0.39, 0.29) is 18.3 Å². The van der Waals surface area contributed by atoms with Gasteiger partial charge in [-0.2, -0.15) is 0 Å². The highest BCUT2D eigenvalue weighted by Crippen LogP contribution is 2.13. The first-order chi connectivity index (χ1) is 7.13. The molecule has 1 amide bonds. The lowest BCUT2D eigenvalue weighted by molar-refractivity contribution is -0.115. The summed E-state index contributed by atoms with van der Waals surface area (Å²) >= 11 is 0. The quantitative estimate of drug-likeness (QED) is 0.794. The van der Waals surface area contributed by atoms with Gasteiger partial charge < -0.3 is 10.6 Å². The van der Waals surface area contributed by atoms with Crippen LogP contribution in [0.2, 0.25) is 0 Å². The van der Waals surface area contributed by atoms with Gasteiger partial charge in [0.05, 0.1) is 6.54 Å². The summed E-state index contributed by atoms with van der Waals surface area (Å²) in [6.07, 6.45) is 0. The second-order valence-electron chi connectivity index (χ2n) is 3.29. The molecule has 0 fully saturated rings. The Hall–Kier alpha value is -1.42. The molecular weight excluding hydrogens is 195 g/mol. The summed E-state index contributed by atoms with van der Waals surface area (Å²) in [6.45, 7) is 4.60. The van der Waals surface area contributed by atoms with Gasteiger partial charge in [0, 0.05) is 5.69 Å². The highest BCUT2D eigenvalue weighted by atomic mass is 19.1. The summed E-state index contributed by atoms with van der Waals surface area (Å²) in [5.41, 5.74) is 1.15. The predicted molar refractivity (Wildman–Crippen MR) is 58.3 cm³/mol. The predicted octanol–water partition coefficient (Wildman–Crippen LogP) is 1.68. The average Bonchev–Trinajstić information content (AvgIpc) is 2.20. The largest absolute Gasteiger partial charge is 0.325 e. The number of aryl methyl sites for hydroxylation is 1. The molecule has 1 rings (SSSR count). The van der Waals surface area contributed by atoms with Gasteiger partial charge >= 0.3 is 0 Å². The van der Waals surface area contributed by atoms with Gasteiger partial charge in [0.15, 0.2) is 0 Å². The molecule has 0 spiro atoms. The first-order valence-corrected chi connectivity index (χ1v) is 4.90. The number of carbonyl (C=O) groups excluding carboxylic acids is 1. The summed E-state index contributed by atoms with van der Waals surface area (Å²) in [5, 5.41) is 5.58. The van der Waals surface area contributed by atoms with Crippen LogP contribution in [0.5, 0.6) is 0 Å². The molecule has 0 aliphatic heterocycles. The summed E-state index contributed by atoms with van der Waals surface area (Å²) < 4.78 is 12.9. The van der Waals surface area contributed by atoms with E-state index in [2.05, 4.69) is 10.6 Å². The topological polar surface area (TPSA) is 41.1 Å². The molecule has 1 aromatic carbocycles. The van der Waals surface area contributed by atoms with Gasteiger partial charge in [-0.15, -0.1) is 0 Å². The van der Waals surface area contributed by atoms with E-state index in [0.717, 1.165) is 6.54 Å². The van der Waals surface area contributed by atoms with Gasteiger partial charge in [-0.25, -0.2) is 4.39 Å². The molecule has 0 aromatic heterocycles. The molecule has 0 atom stereocenters. The fraction of sp³-hybridized carbons (Fsp3) is 0.364. The van der Waals surface area contributed by atoms with E-state index in [4.69, 9.17) is 0 Å². The number of nitrogens with one attached hydrogen (secondary N) is 2. The molecular formula is C11H15FN2O. The second-order valence-corrected chi connectivity index (χ2v) is 3.29. The molecule has 4 heteroatoms. The number of amides is 1. The molecule has 1 aromatic rings. The molecule has 0 saturated heterocycles. The number of likely N-dealkylation sites (N-methyl/N-ethyl adjacent to an activating group) is 1. The van der Waals surface area contributed by atoms with Crippen LogP contribution >= 0.6 is 0 Å². The molecule has 0 aliphatic carbocycles. The van der Waals surface area contributed by atoms with Crippen molar-refractivity contribution in [1.82, 2.24) is 5.32 Å². The van der Waals surface area contributed by atoms with Crippen LogP contribution in [-0.2, 0) is 4.79 Å². The Balaban J connectivity index is 2.57. The highest BCUT2D eigenvalue weighted by molar-refractivity contribution is 5.92. The summed E-state index contributed by atoms with van der Waals surface area (Å²) in [6, 6.07) is 4.50. The van der Waals surface area contributed by atoms with Crippen molar-refractivity contribution in [2.45, 2.75) is 13.8 Å². The Morgan fingerprint density at radius 3 is 2.80 bits per heavy atom. The molecule has 82 valence electrons. The van der Waals surface area contributed by atoms with Crippen molar-refractivity contribution in [2.24, 2.45) is 0 Å². The Bertz CT molecular complexity index is 352. The van der Waals surface area contributed by atoms with Crippen LogP contribution in [0, 0.1) is 12.7 Å². The van der Waals surface area contributed by atoms with E-state index in [1.807, 2.05) is 6.92 Å². The van der Waals surface area contributed by atoms with Crippen molar-refractivity contribution in [1.29, 1.82) is 0 Å². The zero-order valence-electron chi connectivity index (χ0n) is 8.93. The zero-order valence-corrected chi connectivity index (χ0v) is 8.93. The molecule has 0 aliphatic rings. The van der Waals surface area contributed by atoms with Gasteiger partial charge in [-0.1, -0.05) is 6.92 Å². The standard InChI is InChI=1S/C11H15FN2O/c1-3-13-7-11(15)14-9-4-5-10(12)8(2)6-9/h4-6,13H,3,7H2,1-2H3,(H,14,15). The Kier molecular flexibility index (Phi) is 4.24. The number of benzene rings is 1. The molecule has 0 heterocycles. The van der Waals surface area contributed by atoms with Crippen LogP contribution in [0.15, 0.2) is 18.2 Å². The van der Waals surface area contributed by atoms with Gasteiger partial charge in [-0.05, 0) is 37.2 Å². The van der Waals surface area contributed by atoms with E-state index < -0.39 is 0 Å². The van der Waals surface area contributed by atoms with Crippen molar-refractivity contribution in [3.63, 3.8) is 0 Å². The smallest absolute Gasteiger partial charge is 0.238 e. The van der Waals surface area contributed by atoms with Crippen molar-refractivity contribution in [3.05, 3.63) is 29.6 Å². The molecule has 0 radical (unpaired) electrons. The van der Waals surface area contributed by atoms with Gasteiger partial charge in [-0.3, -0.25) is 4.79 Å². The molecule has 3 nitrogen and oxygen atoms in total. The summed E-state index contributed by atoms with van der Waals surface area (Å²) in [5.74, 6) is -0.387. The van der Waals surface area contributed by atoms with E-state index in [1.165, 1.54) is 6.07 Å². The van der Waals surface area contributed by atoms with Gasteiger partial charge in [0.1, 0.15) is 5.82 Å². The fourth-order valence-electron chi connectivity index (χ4n) is 1.17. The van der Waals surface area contributed by atoms with Crippen molar-refractivity contribution in [3.8, 4) is 0 Å². The number of carbonyl (C=O) groups is 1. The molecule has 0 bridgehead atoms. The fourth-order valence-corrected chi connectivity index (χ4v) is 1.17. The van der Waals surface area contributed by atoms with Crippen LogP contribution in [0.3, 0.4) is 0 Å². The highest BCUT2D eigenvalue weighted by Gasteiger charge is 2.03. The van der Waals surface area contributed by atoms with Crippen LogP contribution in [0.4, 0.5) is 10.1 Å². The maximum Gasteiger partial charge on any atom is 0.238 e. The Morgan fingerprint density at radius 1 is 1.47 bits per heavy atom. The van der Waals surface area contributed by atoms with E-state index >= 15 is 0 Å². The third-order valence-electron chi connectivity index (χ3n) is 1.98. The summed E-state index contributed by atoms with van der Waals surface area (Å²) in [7, 11) is 0. The number of anilines is 1. The van der Waals surface area contributed by atoms with Gasteiger partial charge in [0.25, 0.3) is 0 Å². The number of halogens is 1. The van der Waals surface area contributed by atoms with Crippen LogP contribution in [-0.4, -0.2) is 19.0 Å². The molecule has 2 N–H and O–H groups in total. The third-order valence-corrected chi connectivity index (χ3v) is 1.98. The lowest BCUT2D eigenvalue weighted by Gasteiger charge is -2.06. The summed E-state index contributed by atoms with van der Waals surface area (Å²) in [4.78, 5) is 11.3. The number of rotatable bonds is 4. The minimum absolute atomic E-state index is 0.122. The minimum atomic E-state index is -0.264. The van der Waals surface area contributed by atoms with Crippen LogP contribution in [0.1, 0.15) is 12.5 Å². The minimum Gasteiger partial charge on any atom is -0.325 e. The Labute approximate surface area is 88.7 Å². The maximum absolute atomic E-state index is 12.9. The van der Waals surface area contributed by atoms with Crippen LogP contribution in [0.25, 0.3) is 0 Å². The third kappa shape index (κ3) is 3.67. The lowest BCUT2D eigenvalue weighted by atomic mass is 10.2. The first-order valence-electron chi connectivity index (χ1n) is 4.90. The number of hydrogen-bond acceptors (Lipinski definition) is 2. The van der Waals surface area contributed by atoms with E-state index in [1.54, 1.807) is 19.1 Å². The van der Waals surface area contributed by atoms with Gasteiger partial charge in [0.2, 0.25) is 5.91 Å². The lowest BCUT2D eigenvalue weighted by Crippen LogP contribution is -2.27. The average molecular weight is 210 g/mol. The monoisotopic (exact) mass is 210 g/mol. The SMILES string of the molecule is CCNCC(=O)Nc1ccc(F)c(C)c1. The molecule has 0 saturated carbocycles. The zero-order chi connectivity index (χ0) is 11.3. The molecule has 15 heavy (non-hydrogen) atoms. The van der Waals surface area contributed by atoms with E-state index in [0.29, 0.717) is 11.3 Å². The van der Waals surface area contributed by atoms with Crippen molar-refractivity contribution >= 4 is 11.6 Å².